The summed E-state index contributed by atoms with van der Waals surface area (Å²) in [4.78, 5) is 4.48. The average molecular weight is 227 g/mol. The molecule has 0 radical (unpaired) electrons. The number of pyridine rings is 1. The molecule has 0 spiro atoms. The van der Waals surface area contributed by atoms with E-state index < -0.39 is 6.43 Å². The SMILES string of the molecule is Oc1cncc(-c2ccc(C(F)F)s2)c1. The summed E-state index contributed by atoms with van der Waals surface area (Å²) in [6, 6.07) is 4.48. The number of nitrogens with zero attached hydrogens (tertiary/aromatic N) is 1. The van der Waals surface area contributed by atoms with Gasteiger partial charge in [0.05, 0.1) is 11.1 Å². The van der Waals surface area contributed by atoms with Crippen molar-refractivity contribution in [2.75, 3.05) is 0 Å². The van der Waals surface area contributed by atoms with Gasteiger partial charge < -0.3 is 5.11 Å². The van der Waals surface area contributed by atoms with E-state index in [1.54, 1.807) is 6.07 Å². The zero-order valence-corrected chi connectivity index (χ0v) is 8.34. The van der Waals surface area contributed by atoms with Crippen LogP contribution in [0.4, 0.5) is 8.78 Å². The van der Waals surface area contributed by atoms with Crippen molar-refractivity contribution < 1.29 is 13.9 Å². The number of aromatic nitrogens is 1. The van der Waals surface area contributed by atoms with Gasteiger partial charge in [-0.25, -0.2) is 8.78 Å². The molecule has 0 amide bonds. The maximum absolute atomic E-state index is 12.3. The van der Waals surface area contributed by atoms with Gasteiger partial charge in [-0.1, -0.05) is 0 Å². The lowest BCUT2D eigenvalue weighted by molar-refractivity contribution is 0.155. The molecule has 0 unspecified atom stereocenters. The second kappa shape index (κ2) is 3.94. The van der Waals surface area contributed by atoms with Crippen molar-refractivity contribution in [1.29, 1.82) is 0 Å². The molecular formula is C10H7F2NOS. The van der Waals surface area contributed by atoms with Gasteiger partial charge in [-0.2, -0.15) is 0 Å². The number of aromatic hydroxyl groups is 1. The Morgan fingerprint density at radius 1 is 1.27 bits per heavy atom. The van der Waals surface area contributed by atoms with Gasteiger partial charge in [-0.05, 0) is 18.2 Å². The summed E-state index contributed by atoms with van der Waals surface area (Å²) in [6.07, 6.45) is 0.375. The van der Waals surface area contributed by atoms with E-state index in [-0.39, 0.29) is 10.6 Å². The first-order valence-electron chi connectivity index (χ1n) is 4.19. The molecule has 5 heteroatoms. The Morgan fingerprint density at radius 2 is 2.07 bits per heavy atom. The third-order valence-electron chi connectivity index (χ3n) is 1.85. The normalized spacial score (nSPS) is 10.9. The molecule has 0 saturated heterocycles. The first-order valence-corrected chi connectivity index (χ1v) is 5.01. The molecule has 2 rings (SSSR count). The van der Waals surface area contributed by atoms with Crippen LogP contribution in [0.5, 0.6) is 5.75 Å². The average Bonchev–Trinajstić information content (AvgIpc) is 2.66. The molecule has 78 valence electrons. The minimum Gasteiger partial charge on any atom is -0.506 e. The van der Waals surface area contributed by atoms with Crippen molar-refractivity contribution in [3.05, 3.63) is 35.5 Å². The Labute approximate surface area is 88.8 Å². The molecule has 0 aliphatic rings. The first kappa shape index (κ1) is 10.0. The zero-order chi connectivity index (χ0) is 10.8. The summed E-state index contributed by atoms with van der Waals surface area (Å²) in [5.74, 6) is 0.0273. The van der Waals surface area contributed by atoms with Crippen molar-refractivity contribution >= 4 is 11.3 Å². The molecule has 2 nitrogen and oxygen atoms in total. The highest BCUT2D eigenvalue weighted by molar-refractivity contribution is 7.15. The van der Waals surface area contributed by atoms with Crippen LogP contribution >= 0.6 is 11.3 Å². The largest absolute Gasteiger partial charge is 0.506 e. The van der Waals surface area contributed by atoms with E-state index in [2.05, 4.69) is 4.98 Å². The van der Waals surface area contributed by atoms with E-state index in [0.29, 0.717) is 10.4 Å². The van der Waals surface area contributed by atoms with Crippen LogP contribution in [0.15, 0.2) is 30.6 Å². The number of alkyl halides is 2. The molecule has 0 fully saturated rings. The first-order chi connectivity index (χ1) is 7.16. The molecule has 0 bridgehead atoms. The molecule has 0 aliphatic carbocycles. The van der Waals surface area contributed by atoms with Gasteiger partial charge in [0, 0.05) is 16.6 Å². The van der Waals surface area contributed by atoms with Crippen molar-refractivity contribution in [1.82, 2.24) is 4.98 Å². The van der Waals surface area contributed by atoms with Crippen LogP contribution in [0.2, 0.25) is 0 Å². The third-order valence-corrected chi connectivity index (χ3v) is 2.99. The molecule has 2 aromatic heterocycles. The highest BCUT2D eigenvalue weighted by Gasteiger charge is 2.11. The molecular weight excluding hydrogens is 220 g/mol. The van der Waals surface area contributed by atoms with Gasteiger partial charge in [0.15, 0.2) is 0 Å². The summed E-state index contributed by atoms with van der Waals surface area (Å²) in [5, 5.41) is 9.18. The van der Waals surface area contributed by atoms with Crippen molar-refractivity contribution in [2.45, 2.75) is 6.43 Å². The maximum Gasteiger partial charge on any atom is 0.272 e. The fourth-order valence-electron chi connectivity index (χ4n) is 1.19. The third kappa shape index (κ3) is 2.12. The van der Waals surface area contributed by atoms with E-state index in [0.717, 1.165) is 11.3 Å². The number of halogens is 2. The van der Waals surface area contributed by atoms with Crippen LogP contribution in [0.25, 0.3) is 10.4 Å². The Kier molecular flexibility index (Phi) is 2.64. The minimum atomic E-state index is -2.45. The van der Waals surface area contributed by atoms with E-state index in [4.69, 9.17) is 0 Å². The van der Waals surface area contributed by atoms with E-state index in [1.165, 1.54) is 24.5 Å². The molecule has 0 saturated carbocycles. The van der Waals surface area contributed by atoms with Crippen LogP contribution in [-0.4, -0.2) is 10.1 Å². The minimum absolute atomic E-state index is 0.0216. The van der Waals surface area contributed by atoms with E-state index in [1.807, 2.05) is 0 Å². The Balaban J connectivity index is 2.37. The Bertz CT molecular complexity index is 470. The molecule has 0 aromatic carbocycles. The molecule has 0 aliphatic heterocycles. The van der Waals surface area contributed by atoms with E-state index in [9.17, 15) is 13.9 Å². The fourth-order valence-corrected chi connectivity index (χ4v) is 2.03. The van der Waals surface area contributed by atoms with Crippen LogP contribution in [0, 0.1) is 0 Å². The topological polar surface area (TPSA) is 33.1 Å². The van der Waals surface area contributed by atoms with Crippen molar-refractivity contribution in [3.8, 4) is 16.2 Å². The summed E-state index contributed by atoms with van der Waals surface area (Å²) in [5.41, 5.74) is 0.645. The predicted octanol–water partition coefficient (Wildman–Crippen LogP) is 3.45. The highest BCUT2D eigenvalue weighted by Crippen LogP contribution is 2.33. The molecule has 1 N–H and O–H groups in total. The van der Waals surface area contributed by atoms with Gasteiger partial charge >= 0.3 is 0 Å². The Morgan fingerprint density at radius 3 is 2.67 bits per heavy atom. The van der Waals surface area contributed by atoms with Crippen LogP contribution in [0.3, 0.4) is 0 Å². The van der Waals surface area contributed by atoms with Crippen LogP contribution < -0.4 is 0 Å². The highest BCUT2D eigenvalue weighted by atomic mass is 32.1. The van der Waals surface area contributed by atoms with Crippen molar-refractivity contribution in [3.63, 3.8) is 0 Å². The van der Waals surface area contributed by atoms with Crippen molar-refractivity contribution in [2.24, 2.45) is 0 Å². The fraction of sp³-hybridized carbons (Fsp3) is 0.100. The lowest BCUT2D eigenvalue weighted by atomic mass is 10.2. The predicted molar refractivity (Wildman–Crippen MR) is 54.2 cm³/mol. The maximum atomic E-state index is 12.3. The van der Waals surface area contributed by atoms with Crippen LogP contribution in [0.1, 0.15) is 11.3 Å². The summed E-state index contributed by atoms with van der Waals surface area (Å²) in [6.45, 7) is 0. The number of thiophene rings is 1. The summed E-state index contributed by atoms with van der Waals surface area (Å²) < 4.78 is 24.6. The molecule has 15 heavy (non-hydrogen) atoms. The summed E-state index contributed by atoms with van der Waals surface area (Å²) >= 11 is 1.00. The Hall–Kier alpha value is -1.49. The standard InChI is InChI=1S/C10H7F2NOS/c11-10(12)9-2-1-8(15-9)6-3-7(14)5-13-4-6/h1-5,10,14H. The van der Waals surface area contributed by atoms with Gasteiger partial charge in [0.2, 0.25) is 0 Å². The van der Waals surface area contributed by atoms with Crippen LogP contribution in [-0.2, 0) is 0 Å². The zero-order valence-electron chi connectivity index (χ0n) is 7.52. The second-order valence-corrected chi connectivity index (χ2v) is 4.05. The molecule has 0 atom stereocenters. The lowest BCUT2D eigenvalue weighted by Crippen LogP contribution is -1.75. The number of hydrogen-bond donors (Lipinski definition) is 1. The monoisotopic (exact) mass is 227 g/mol. The van der Waals surface area contributed by atoms with Gasteiger partial charge in [-0.3, -0.25) is 4.98 Å². The molecule has 2 heterocycles. The van der Waals surface area contributed by atoms with Gasteiger partial charge in [0.1, 0.15) is 5.75 Å². The van der Waals surface area contributed by atoms with Gasteiger partial charge in [-0.15, -0.1) is 11.3 Å². The lowest BCUT2D eigenvalue weighted by Gasteiger charge is -1.97. The summed E-state index contributed by atoms with van der Waals surface area (Å²) in [7, 11) is 0. The van der Waals surface area contributed by atoms with Gasteiger partial charge in [0.25, 0.3) is 6.43 Å². The quantitative estimate of drug-likeness (QED) is 0.852. The second-order valence-electron chi connectivity index (χ2n) is 2.93. The number of hydrogen-bond acceptors (Lipinski definition) is 3. The smallest absolute Gasteiger partial charge is 0.272 e. The van der Waals surface area contributed by atoms with E-state index >= 15 is 0 Å². The molecule has 2 aromatic rings. The number of rotatable bonds is 2.